The minimum absolute atomic E-state index is 0.279. The number of amides is 1. The van der Waals surface area contributed by atoms with Gasteiger partial charge in [0.05, 0.1) is 6.10 Å². The first kappa shape index (κ1) is 16.2. The summed E-state index contributed by atoms with van der Waals surface area (Å²) in [4.78, 5) is 14.6. The molecule has 1 aliphatic carbocycles. The van der Waals surface area contributed by atoms with Gasteiger partial charge in [0.25, 0.3) is 0 Å². The molecule has 0 aromatic rings. The molecule has 126 valence electrons. The fraction of sp³-hybridized carbons (Fsp3) is 0.941. The van der Waals surface area contributed by atoms with Crippen LogP contribution in [0.5, 0.6) is 0 Å². The second kappa shape index (κ2) is 7.28. The summed E-state index contributed by atoms with van der Waals surface area (Å²) >= 11 is 0. The Hall–Kier alpha value is -0.650. The Morgan fingerprint density at radius 2 is 2.05 bits per heavy atom. The van der Waals surface area contributed by atoms with Crippen molar-refractivity contribution in [3.8, 4) is 0 Å². The standard InChI is InChI=1S/C17H31N3O2/c1-20-10-3-14(4-11-20)22-12-2-7-19-16(21)15-13-17(15)5-8-18-9-6-17/h14-15,18H,2-13H2,1H3,(H,19,21). The lowest BCUT2D eigenvalue weighted by molar-refractivity contribution is -0.123. The van der Waals surface area contributed by atoms with Crippen molar-refractivity contribution in [2.24, 2.45) is 11.3 Å². The molecule has 3 rings (SSSR count). The maximum absolute atomic E-state index is 12.2. The van der Waals surface area contributed by atoms with Crippen LogP contribution < -0.4 is 10.6 Å². The SMILES string of the molecule is CN1CCC(OCCCNC(=O)C2CC23CCNCC3)CC1. The molecule has 2 heterocycles. The Balaban J connectivity index is 1.24. The van der Waals surface area contributed by atoms with Crippen molar-refractivity contribution in [3.63, 3.8) is 0 Å². The molecule has 1 atom stereocenters. The summed E-state index contributed by atoms with van der Waals surface area (Å²) in [5, 5.41) is 6.50. The van der Waals surface area contributed by atoms with Crippen molar-refractivity contribution < 1.29 is 9.53 Å². The van der Waals surface area contributed by atoms with Gasteiger partial charge in [-0.1, -0.05) is 0 Å². The van der Waals surface area contributed by atoms with E-state index in [9.17, 15) is 4.79 Å². The lowest BCUT2D eigenvalue weighted by atomic mass is 9.92. The van der Waals surface area contributed by atoms with E-state index in [2.05, 4.69) is 22.6 Å². The monoisotopic (exact) mass is 309 g/mol. The van der Waals surface area contributed by atoms with Crippen molar-refractivity contribution in [1.29, 1.82) is 0 Å². The third-order valence-corrected chi connectivity index (χ3v) is 5.75. The van der Waals surface area contributed by atoms with Crippen LogP contribution in [0.3, 0.4) is 0 Å². The number of carbonyl (C=O) groups is 1. The highest BCUT2D eigenvalue weighted by molar-refractivity contribution is 5.82. The maximum Gasteiger partial charge on any atom is 0.223 e. The van der Waals surface area contributed by atoms with Crippen LogP contribution in [-0.4, -0.2) is 63.3 Å². The molecular weight excluding hydrogens is 278 g/mol. The van der Waals surface area contributed by atoms with E-state index in [0.717, 1.165) is 65.0 Å². The molecule has 5 nitrogen and oxygen atoms in total. The summed E-state index contributed by atoms with van der Waals surface area (Å²) in [5.74, 6) is 0.561. The molecular formula is C17H31N3O2. The van der Waals surface area contributed by atoms with Crippen LogP contribution >= 0.6 is 0 Å². The van der Waals surface area contributed by atoms with E-state index >= 15 is 0 Å². The molecule has 1 saturated carbocycles. The van der Waals surface area contributed by atoms with Crippen LogP contribution in [0.4, 0.5) is 0 Å². The van der Waals surface area contributed by atoms with Gasteiger partial charge in [0.2, 0.25) is 5.91 Å². The normalized spacial score (nSPS) is 28.7. The van der Waals surface area contributed by atoms with Crippen molar-refractivity contribution in [2.45, 2.75) is 44.6 Å². The molecule has 0 bridgehead atoms. The van der Waals surface area contributed by atoms with Crippen molar-refractivity contribution in [3.05, 3.63) is 0 Å². The van der Waals surface area contributed by atoms with Gasteiger partial charge in [-0.2, -0.15) is 0 Å². The van der Waals surface area contributed by atoms with Gasteiger partial charge >= 0.3 is 0 Å². The van der Waals surface area contributed by atoms with Gasteiger partial charge in [-0.25, -0.2) is 0 Å². The van der Waals surface area contributed by atoms with E-state index in [4.69, 9.17) is 4.74 Å². The fourth-order valence-corrected chi connectivity index (χ4v) is 4.00. The topological polar surface area (TPSA) is 53.6 Å². The Labute approximate surface area is 134 Å². The molecule has 0 aromatic carbocycles. The Bertz CT molecular complexity index is 374. The molecule has 22 heavy (non-hydrogen) atoms. The van der Waals surface area contributed by atoms with E-state index in [1.807, 2.05) is 0 Å². The quantitative estimate of drug-likeness (QED) is 0.719. The van der Waals surface area contributed by atoms with Crippen LogP contribution in [0.15, 0.2) is 0 Å². The Kier molecular flexibility index (Phi) is 5.37. The predicted molar refractivity (Wildman–Crippen MR) is 86.7 cm³/mol. The lowest BCUT2D eigenvalue weighted by Crippen LogP contribution is -2.35. The molecule has 2 saturated heterocycles. The Morgan fingerprint density at radius 3 is 2.77 bits per heavy atom. The zero-order chi connectivity index (χ0) is 15.4. The highest BCUT2D eigenvalue weighted by atomic mass is 16.5. The average molecular weight is 309 g/mol. The third-order valence-electron chi connectivity index (χ3n) is 5.75. The molecule has 2 aliphatic heterocycles. The van der Waals surface area contributed by atoms with Crippen molar-refractivity contribution in [2.75, 3.05) is 46.4 Å². The van der Waals surface area contributed by atoms with Gasteiger partial charge in [-0.05, 0) is 64.1 Å². The van der Waals surface area contributed by atoms with Crippen LogP contribution in [0.2, 0.25) is 0 Å². The van der Waals surface area contributed by atoms with Gasteiger partial charge in [-0.15, -0.1) is 0 Å². The first-order valence-corrected chi connectivity index (χ1v) is 8.98. The number of rotatable bonds is 6. The summed E-state index contributed by atoms with van der Waals surface area (Å²) in [5.41, 5.74) is 0.347. The van der Waals surface area contributed by atoms with E-state index in [1.165, 1.54) is 12.8 Å². The molecule has 3 fully saturated rings. The number of hydrogen-bond acceptors (Lipinski definition) is 4. The second-order valence-electron chi connectivity index (χ2n) is 7.39. The third kappa shape index (κ3) is 4.00. The van der Waals surface area contributed by atoms with Gasteiger partial charge in [0, 0.05) is 32.2 Å². The minimum atomic E-state index is 0.279. The predicted octanol–water partition coefficient (Wildman–Crippen LogP) is 0.993. The van der Waals surface area contributed by atoms with Crippen LogP contribution in [0.1, 0.15) is 38.5 Å². The summed E-state index contributed by atoms with van der Waals surface area (Å²) in [6.45, 7) is 5.97. The molecule has 2 N–H and O–H groups in total. The first-order valence-electron chi connectivity index (χ1n) is 8.98. The van der Waals surface area contributed by atoms with Gasteiger partial charge in [0.15, 0.2) is 0 Å². The average Bonchev–Trinajstić information content (AvgIpc) is 3.22. The molecule has 1 unspecified atom stereocenters. The highest BCUT2D eigenvalue weighted by Gasteiger charge is 2.57. The summed E-state index contributed by atoms with van der Waals surface area (Å²) in [6, 6.07) is 0. The van der Waals surface area contributed by atoms with Gasteiger partial charge in [-0.3, -0.25) is 4.79 Å². The van der Waals surface area contributed by atoms with E-state index in [0.29, 0.717) is 11.5 Å². The summed E-state index contributed by atoms with van der Waals surface area (Å²) in [7, 11) is 2.17. The van der Waals surface area contributed by atoms with Crippen molar-refractivity contribution in [1.82, 2.24) is 15.5 Å². The van der Waals surface area contributed by atoms with Gasteiger partial charge < -0.3 is 20.3 Å². The van der Waals surface area contributed by atoms with Crippen molar-refractivity contribution >= 4 is 5.91 Å². The summed E-state index contributed by atoms with van der Waals surface area (Å²) < 4.78 is 5.91. The zero-order valence-electron chi connectivity index (χ0n) is 13.9. The first-order chi connectivity index (χ1) is 10.7. The lowest BCUT2D eigenvalue weighted by Gasteiger charge is -2.28. The van der Waals surface area contributed by atoms with Crippen LogP contribution in [0, 0.1) is 11.3 Å². The number of piperidine rings is 2. The Morgan fingerprint density at radius 1 is 1.32 bits per heavy atom. The van der Waals surface area contributed by atoms with Gasteiger partial charge in [0.1, 0.15) is 0 Å². The molecule has 3 aliphatic rings. The largest absolute Gasteiger partial charge is 0.378 e. The maximum atomic E-state index is 12.2. The van der Waals surface area contributed by atoms with Crippen LogP contribution in [-0.2, 0) is 9.53 Å². The van der Waals surface area contributed by atoms with E-state index in [-0.39, 0.29) is 11.8 Å². The number of nitrogens with zero attached hydrogens (tertiary/aromatic N) is 1. The molecule has 5 heteroatoms. The van der Waals surface area contributed by atoms with Crippen LogP contribution in [0.25, 0.3) is 0 Å². The van der Waals surface area contributed by atoms with E-state index in [1.54, 1.807) is 0 Å². The second-order valence-corrected chi connectivity index (χ2v) is 7.39. The molecule has 1 spiro atoms. The number of ether oxygens (including phenoxy) is 1. The summed E-state index contributed by atoms with van der Waals surface area (Å²) in [6.07, 6.45) is 7.08. The molecule has 1 amide bonds. The number of likely N-dealkylation sites (tertiary alicyclic amines) is 1. The number of carbonyl (C=O) groups excluding carboxylic acids is 1. The molecule has 0 aromatic heterocycles. The number of nitrogens with one attached hydrogen (secondary N) is 2. The smallest absolute Gasteiger partial charge is 0.223 e. The molecule has 0 radical (unpaired) electrons. The number of hydrogen-bond donors (Lipinski definition) is 2. The highest BCUT2D eigenvalue weighted by Crippen LogP contribution is 2.58. The fourth-order valence-electron chi connectivity index (χ4n) is 4.00. The zero-order valence-corrected chi connectivity index (χ0v) is 13.9. The van der Waals surface area contributed by atoms with E-state index < -0.39 is 0 Å². The minimum Gasteiger partial charge on any atom is -0.378 e.